The van der Waals surface area contributed by atoms with Crippen LogP contribution in [0.2, 0.25) is 0 Å². The van der Waals surface area contributed by atoms with Gasteiger partial charge in [0.05, 0.1) is 0 Å². The Morgan fingerprint density at radius 1 is 1.43 bits per heavy atom. The molecule has 0 aliphatic carbocycles. The maximum atomic E-state index is 11.1. The summed E-state index contributed by atoms with van der Waals surface area (Å²) in [6.07, 6.45) is 2.63. The van der Waals surface area contributed by atoms with Gasteiger partial charge in [-0.25, -0.2) is 0 Å². The first-order valence-electron chi connectivity index (χ1n) is 8.12. The minimum Gasteiger partial charge on any atom is -0.370 e. The summed E-state index contributed by atoms with van der Waals surface area (Å²) < 4.78 is 0. The van der Waals surface area contributed by atoms with Crippen molar-refractivity contribution in [3.8, 4) is 0 Å². The number of carbonyl (C=O) groups is 1. The molecule has 1 atom stereocenters. The van der Waals surface area contributed by atoms with Gasteiger partial charge in [0.2, 0.25) is 5.91 Å². The number of nitrogens with zero attached hydrogens (tertiary/aromatic N) is 3. The monoisotopic (exact) mass is 439 g/mol. The zero-order chi connectivity index (χ0) is 16.8. The Hall–Kier alpha value is -0.570. The summed E-state index contributed by atoms with van der Waals surface area (Å²) in [6.45, 7) is 8.23. The first-order chi connectivity index (χ1) is 10.2. The molecular formula is C16H34IN5O. The fourth-order valence-electron chi connectivity index (χ4n) is 3.27. The smallest absolute Gasteiger partial charge is 0.217 e. The topological polar surface area (TPSA) is 74.0 Å². The second-order valence-corrected chi connectivity index (χ2v) is 7.43. The van der Waals surface area contributed by atoms with E-state index in [-0.39, 0.29) is 35.3 Å². The van der Waals surface area contributed by atoms with Gasteiger partial charge in [0, 0.05) is 39.6 Å². The van der Waals surface area contributed by atoms with E-state index in [9.17, 15) is 4.79 Å². The molecule has 1 rings (SSSR count). The standard InChI is InChI=1S/C16H33N5O.HI/c1-16(2,12-20(4)5)11-19-15(18-3)21-8-6-7-13(10-21)9-14(17)22;/h13H,6-12H2,1-5H3,(H2,17,22)(H,18,19);1H. The fourth-order valence-corrected chi connectivity index (χ4v) is 3.27. The van der Waals surface area contributed by atoms with Crippen LogP contribution in [-0.4, -0.2) is 69.0 Å². The zero-order valence-electron chi connectivity index (χ0n) is 15.3. The van der Waals surface area contributed by atoms with Crippen molar-refractivity contribution in [2.75, 3.05) is 47.3 Å². The van der Waals surface area contributed by atoms with Gasteiger partial charge in [-0.15, -0.1) is 24.0 Å². The molecule has 0 aromatic heterocycles. The molecule has 23 heavy (non-hydrogen) atoms. The molecule has 0 saturated carbocycles. The van der Waals surface area contributed by atoms with Crippen LogP contribution in [0, 0.1) is 11.3 Å². The molecule has 0 aromatic carbocycles. The Balaban J connectivity index is 0.00000484. The molecule has 3 N–H and O–H groups in total. The number of primary amides is 1. The minimum absolute atomic E-state index is 0. The van der Waals surface area contributed by atoms with E-state index in [0.717, 1.165) is 45.0 Å². The number of nitrogens with two attached hydrogens (primary N) is 1. The molecule has 6 nitrogen and oxygen atoms in total. The SMILES string of the molecule is CN=C(NCC(C)(C)CN(C)C)N1CCCC(CC(N)=O)C1.I. The fraction of sp³-hybridized carbons (Fsp3) is 0.875. The lowest BCUT2D eigenvalue weighted by atomic mass is 9.93. The number of aliphatic imine (C=N–C) groups is 1. The number of carbonyl (C=O) groups excluding carboxylic acids is 1. The van der Waals surface area contributed by atoms with Crippen LogP contribution in [0.4, 0.5) is 0 Å². The van der Waals surface area contributed by atoms with Crippen molar-refractivity contribution < 1.29 is 4.79 Å². The number of nitrogens with one attached hydrogen (secondary N) is 1. The van der Waals surface area contributed by atoms with Gasteiger partial charge < -0.3 is 20.9 Å². The molecule has 136 valence electrons. The summed E-state index contributed by atoms with van der Waals surface area (Å²) in [5.41, 5.74) is 5.50. The van der Waals surface area contributed by atoms with E-state index < -0.39 is 0 Å². The molecule has 1 heterocycles. The van der Waals surface area contributed by atoms with Crippen molar-refractivity contribution >= 4 is 35.8 Å². The Morgan fingerprint density at radius 3 is 2.61 bits per heavy atom. The molecule has 0 aromatic rings. The predicted molar refractivity (Wildman–Crippen MR) is 107 cm³/mol. The number of hydrogen-bond donors (Lipinski definition) is 2. The Kier molecular flexibility index (Phi) is 10.1. The molecular weight excluding hydrogens is 405 g/mol. The average Bonchev–Trinajstić information content (AvgIpc) is 2.37. The van der Waals surface area contributed by atoms with Gasteiger partial charge in [0.25, 0.3) is 0 Å². The molecule has 0 bridgehead atoms. The third kappa shape index (κ3) is 8.74. The number of piperidine rings is 1. The lowest BCUT2D eigenvalue weighted by Crippen LogP contribution is -2.50. The lowest BCUT2D eigenvalue weighted by molar-refractivity contribution is -0.119. The quantitative estimate of drug-likeness (QED) is 0.373. The van der Waals surface area contributed by atoms with Crippen molar-refractivity contribution in [1.29, 1.82) is 0 Å². The Morgan fingerprint density at radius 2 is 2.09 bits per heavy atom. The highest BCUT2D eigenvalue weighted by molar-refractivity contribution is 14.0. The van der Waals surface area contributed by atoms with Crippen LogP contribution in [0.3, 0.4) is 0 Å². The minimum atomic E-state index is -0.207. The molecule has 1 aliphatic heterocycles. The van der Waals surface area contributed by atoms with Crippen LogP contribution >= 0.6 is 24.0 Å². The largest absolute Gasteiger partial charge is 0.370 e. The first kappa shape index (κ1) is 22.4. The first-order valence-corrected chi connectivity index (χ1v) is 8.12. The van der Waals surface area contributed by atoms with Gasteiger partial charge in [-0.05, 0) is 38.3 Å². The second kappa shape index (κ2) is 10.3. The van der Waals surface area contributed by atoms with Crippen molar-refractivity contribution in [3.05, 3.63) is 0 Å². The van der Waals surface area contributed by atoms with Crippen LogP contribution in [-0.2, 0) is 4.79 Å². The Bertz CT molecular complexity index is 398. The van der Waals surface area contributed by atoms with E-state index in [4.69, 9.17) is 5.73 Å². The van der Waals surface area contributed by atoms with Crippen molar-refractivity contribution in [2.24, 2.45) is 22.1 Å². The number of guanidine groups is 1. The molecule has 0 spiro atoms. The van der Waals surface area contributed by atoms with Crippen molar-refractivity contribution in [1.82, 2.24) is 15.1 Å². The van der Waals surface area contributed by atoms with E-state index in [2.05, 4.69) is 48.1 Å². The van der Waals surface area contributed by atoms with Crippen LogP contribution in [0.15, 0.2) is 4.99 Å². The lowest BCUT2D eigenvalue weighted by Gasteiger charge is -2.36. The van der Waals surface area contributed by atoms with E-state index in [0.29, 0.717) is 12.3 Å². The molecule has 1 amide bonds. The van der Waals surface area contributed by atoms with Crippen LogP contribution in [0.5, 0.6) is 0 Å². The molecule has 0 radical (unpaired) electrons. The summed E-state index contributed by atoms with van der Waals surface area (Å²) in [5.74, 6) is 1.07. The van der Waals surface area contributed by atoms with Crippen LogP contribution in [0.25, 0.3) is 0 Å². The molecule has 1 fully saturated rings. The summed E-state index contributed by atoms with van der Waals surface area (Å²) in [5, 5.41) is 3.49. The molecule has 7 heteroatoms. The van der Waals surface area contributed by atoms with E-state index in [1.807, 2.05) is 7.05 Å². The van der Waals surface area contributed by atoms with E-state index in [1.165, 1.54) is 0 Å². The Labute approximate surface area is 158 Å². The maximum Gasteiger partial charge on any atom is 0.217 e. The summed E-state index contributed by atoms with van der Waals surface area (Å²) in [6, 6.07) is 0. The summed E-state index contributed by atoms with van der Waals surface area (Å²) >= 11 is 0. The summed E-state index contributed by atoms with van der Waals surface area (Å²) in [4.78, 5) is 20.0. The van der Waals surface area contributed by atoms with Crippen molar-refractivity contribution in [3.63, 3.8) is 0 Å². The van der Waals surface area contributed by atoms with Gasteiger partial charge in [-0.1, -0.05) is 13.8 Å². The number of hydrogen-bond acceptors (Lipinski definition) is 3. The van der Waals surface area contributed by atoms with Crippen LogP contribution in [0.1, 0.15) is 33.1 Å². The molecule has 1 saturated heterocycles. The van der Waals surface area contributed by atoms with E-state index >= 15 is 0 Å². The van der Waals surface area contributed by atoms with Gasteiger partial charge >= 0.3 is 0 Å². The third-order valence-electron chi connectivity index (χ3n) is 3.99. The molecule has 1 unspecified atom stereocenters. The van der Waals surface area contributed by atoms with Gasteiger partial charge in [0.1, 0.15) is 0 Å². The van der Waals surface area contributed by atoms with Gasteiger partial charge in [-0.3, -0.25) is 9.79 Å². The predicted octanol–water partition coefficient (Wildman–Crippen LogP) is 1.35. The zero-order valence-corrected chi connectivity index (χ0v) is 17.6. The summed E-state index contributed by atoms with van der Waals surface area (Å²) in [7, 11) is 6.00. The average molecular weight is 439 g/mol. The van der Waals surface area contributed by atoms with E-state index in [1.54, 1.807) is 0 Å². The molecule has 1 aliphatic rings. The number of halogens is 1. The highest BCUT2D eigenvalue weighted by Gasteiger charge is 2.25. The van der Waals surface area contributed by atoms with Crippen molar-refractivity contribution in [2.45, 2.75) is 33.1 Å². The highest BCUT2D eigenvalue weighted by atomic mass is 127. The second-order valence-electron chi connectivity index (χ2n) is 7.43. The normalized spacial score (nSPS) is 19.5. The maximum absolute atomic E-state index is 11.1. The van der Waals surface area contributed by atoms with Gasteiger partial charge in [0.15, 0.2) is 5.96 Å². The van der Waals surface area contributed by atoms with Gasteiger partial charge in [-0.2, -0.15) is 0 Å². The number of likely N-dealkylation sites (tertiary alicyclic amines) is 1. The number of rotatable bonds is 6. The van der Waals surface area contributed by atoms with Crippen LogP contribution < -0.4 is 11.1 Å². The third-order valence-corrected chi connectivity index (χ3v) is 3.99. The highest BCUT2D eigenvalue weighted by Crippen LogP contribution is 2.20. The number of amides is 1.